The molecule has 1 heterocycles. The van der Waals surface area contributed by atoms with Crippen LogP contribution in [0.5, 0.6) is 17.2 Å². The van der Waals surface area contributed by atoms with E-state index < -0.39 is 0 Å². The number of imidazole rings is 1. The van der Waals surface area contributed by atoms with Gasteiger partial charge in [0.25, 0.3) is 0 Å². The maximum absolute atomic E-state index is 5.49. The van der Waals surface area contributed by atoms with Gasteiger partial charge < -0.3 is 24.1 Å². The van der Waals surface area contributed by atoms with Crippen molar-refractivity contribution in [3.63, 3.8) is 0 Å². The van der Waals surface area contributed by atoms with Crippen molar-refractivity contribution in [2.24, 2.45) is 0 Å². The molecule has 2 unspecified atom stereocenters. The molecule has 0 spiro atoms. The van der Waals surface area contributed by atoms with E-state index in [0.29, 0.717) is 17.2 Å². The molecule has 0 saturated heterocycles. The summed E-state index contributed by atoms with van der Waals surface area (Å²) in [5.41, 5.74) is 3.24. The summed E-state index contributed by atoms with van der Waals surface area (Å²) in [6, 6.07) is 12.3. The molecule has 0 bridgehead atoms. The number of hydrogen-bond donors (Lipinski definition) is 1. The van der Waals surface area contributed by atoms with Crippen molar-refractivity contribution in [1.82, 2.24) is 14.9 Å². The predicted octanol–water partition coefficient (Wildman–Crippen LogP) is 4.49. The zero-order valence-electron chi connectivity index (χ0n) is 17.4. The van der Waals surface area contributed by atoms with Gasteiger partial charge in [-0.05, 0) is 50.6 Å². The Morgan fingerprint density at radius 2 is 1.61 bits per heavy atom. The summed E-state index contributed by atoms with van der Waals surface area (Å²) in [6.07, 6.45) is 0. The minimum atomic E-state index is 0.0637. The molecular weight excluding hydrogens is 354 g/mol. The number of fused-ring (bicyclic) bond motifs is 1. The Hall–Kier alpha value is -2.73. The van der Waals surface area contributed by atoms with E-state index in [1.807, 2.05) is 18.2 Å². The molecule has 0 amide bonds. The quantitative estimate of drug-likeness (QED) is 0.621. The first-order valence-corrected chi connectivity index (χ1v) is 9.55. The van der Waals surface area contributed by atoms with Crippen molar-refractivity contribution in [1.29, 1.82) is 0 Å². The lowest BCUT2D eigenvalue weighted by atomic mass is 10.1. The van der Waals surface area contributed by atoms with E-state index in [0.717, 1.165) is 29.0 Å². The zero-order valence-corrected chi connectivity index (χ0v) is 17.4. The first-order chi connectivity index (χ1) is 13.5. The van der Waals surface area contributed by atoms with Crippen molar-refractivity contribution in [3.05, 3.63) is 47.8 Å². The van der Waals surface area contributed by atoms with Crippen molar-refractivity contribution >= 4 is 11.0 Å². The van der Waals surface area contributed by atoms with Crippen molar-refractivity contribution in [2.45, 2.75) is 39.4 Å². The highest BCUT2D eigenvalue weighted by molar-refractivity contribution is 5.76. The second-order valence-corrected chi connectivity index (χ2v) is 6.77. The van der Waals surface area contributed by atoms with Gasteiger partial charge in [0.2, 0.25) is 5.75 Å². The second kappa shape index (κ2) is 8.52. The van der Waals surface area contributed by atoms with Gasteiger partial charge in [-0.15, -0.1) is 0 Å². The summed E-state index contributed by atoms with van der Waals surface area (Å²) in [5, 5.41) is 3.65. The lowest BCUT2D eigenvalue weighted by Gasteiger charge is -2.22. The van der Waals surface area contributed by atoms with Crippen LogP contribution in [0.3, 0.4) is 0 Å². The van der Waals surface area contributed by atoms with Crippen LogP contribution in [0, 0.1) is 0 Å². The van der Waals surface area contributed by atoms with Crippen LogP contribution in [0.1, 0.15) is 44.2 Å². The molecule has 0 fully saturated rings. The lowest BCUT2D eigenvalue weighted by Crippen LogP contribution is -2.25. The molecule has 0 aliphatic heterocycles. The van der Waals surface area contributed by atoms with Crippen molar-refractivity contribution < 1.29 is 14.2 Å². The summed E-state index contributed by atoms with van der Waals surface area (Å²) in [7, 11) is 4.87. The fourth-order valence-electron chi connectivity index (χ4n) is 3.65. The van der Waals surface area contributed by atoms with Gasteiger partial charge in [-0.2, -0.15) is 0 Å². The Bertz CT molecular complexity index is 926. The van der Waals surface area contributed by atoms with Gasteiger partial charge in [-0.25, -0.2) is 4.98 Å². The van der Waals surface area contributed by atoms with E-state index in [1.165, 1.54) is 0 Å². The molecule has 0 aliphatic rings. The normalized spacial score (nSPS) is 13.4. The van der Waals surface area contributed by atoms with Crippen LogP contribution in [0.25, 0.3) is 11.0 Å². The predicted molar refractivity (Wildman–Crippen MR) is 111 cm³/mol. The molecular formula is C22H29N3O3. The minimum absolute atomic E-state index is 0.0637. The van der Waals surface area contributed by atoms with Gasteiger partial charge in [0.1, 0.15) is 5.82 Å². The number of methoxy groups -OCH3 is 3. The molecule has 2 atom stereocenters. The SMILES string of the molecule is CCn1c(C(C)NC(C)c2cc(OC)c(OC)c(OC)c2)nc2ccccc21. The fraction of sp³-hybridized carbons (Fsp3) is 0.409. The topological polar surface area (TPSA) is 57.5 Å². The van der Waals surface area contributed by atoms with Gasteiger partial charge >= 0.3 is 0 Å². The van der Waals surface area contributed by atoms with Gasteiger partial charge in [-0.3, -0.25) is 0 Å². The number of benzene rings is 2. The standard InChI is InChI=1S/C22H29N3O3/c1-7-25-18-11-9-8-10-17(18)24-22(25)15(3)23-14(2)16-12-19(26-4)21(28-6)20(13-16)27-5/h8-15,23H,7H2,1-6H3. The molecule has 6 nitrogen and oxygen atoms in total. The molecule has 1 aromatic heterocycles. The van der Waals surface area contributed by atoms with E-state index in [9.17, 15) is 0 Å². The molecule has 28 heavy (non-hydrogen) atoms. The molecule has 0 saturated carbocycles. The number of rotatable bonds is 8. The van der Waals surface area contributed by atoms with Gasteiger partial charge in [0.15, 0.2) is 11.5 Å². The van der Waals surface area contributed by atoms with Gasteiger partial charge in [0, 0.05) is 12.6 Å². The largest absolute Gasteiger partial charge is 0.493 e. The van der Waals surface area contributed by atoms with Crippen molar-refractivity contribution in [2.75, 3.05) is 21.3 Å². The number of nitrogens with zero attached hydrogens (tertiary/aromatic N) is 2. The zero-order chi connectivity index (χ0) is 20.3. The summed E-state index contributed by atoms with van der Waals surface area (Å²) >= 11 is 0. The Morgan fingerprint density at radius 1 is 0.964 bits per heavy atom. The third kappa shape index (κ3) is 3.64. The Morgan fingerprint density at radius 3 is 2.18 bits per heavy atom. The Balaban J connectivity index is 1.90. The summed E-state index contributed by atoms with van der Waals surface area (Å²) in [6.45, 7) is 7.28. The van der Waals surface area contributed by atoms with E-state index in [4.69, 9.17) is 19.2 Å². The van der Waals surface area contributed by atoms with Gasteiger partial charge in [0.05, 0.1) is 38.4 Å². The fourth-order valence-corrected chi connectivity index (χ4v) is 3.65. The van der Waals surface area contributed by atoms with Crippen molar-refractivity contribution in [3.8, 4) is 17.2 Å². The van der Waals surface area contributed by atoms with E-state index in [2.05, 4.69) is 48.9 Å². The molecule has 3 aromatic rings. The van der Waals surface area contributed by atoms with E-state index in [1.54, 1.807) is 21.3 Å². The molecule has 3 rings (SSSR count). The number of aryl methyl sites for hydroxylation is 1. The number of ether oxygens (including phenoxy) is 3. The highest BCUT2D eigenvalue weighted by Gasteiger charge is 2.20. The average Bonchev–Trinajstić information content (AvgIpc) is 3.11. The molecule has 150 valence electrons. The molecule has 6 heteroatoms. The Labute approximate surface area is 166 Å². The number of aromatic nitrogens is 2. The first kappa shape index (κ1) is 20.0. The number of nitrogens with one attached hydrogen (secondary N) is 1. The van der Waals surface area contributed by atoms with Gasteiger partial charge in [-0.1, -0.05) is 12.1 Å². The van der Waals surface area contributed by atoms with Crippen LogP contribution in [-0.4, -0.2) is 30.9 Å². The number of para-hydroxylation sites is 2. The third-order valence-electron chi connectivity index (χ3n) is 5.07. The highest BCUT2D eigenvalue weighted by atomic mass is 16.5. The van der Waals surface area contributed by atoms with Crippen LogP contribution in [0.4, 0.5) is 0 Å². The smallest absolute Gasteiger partial charge is 0.203 e. The third-order valence-corrected chi connectivity index (χ3v) is 5.07. The van der Waals surface area contributed by atoms with Crippen LogP contribution in [0.2, 0.25) is 0 Å². The maximum Gasteiger partial charge on any atom is 0.203 e. The summed E-state index contributed by atoms with van der Waals surface area (Å²) in [5.74, 6) is 2.93. The Kier molecular flexibility index (Phi) is 6.09. The molecule has 0 aliphatic carbocycles. The lowest BCUT2D eigenvalue weighted by molar-refractivity contribution is 0.322. The average molecular weight is 383 g/mol. The first-order valence-electron chi connectivity index (χ1n) is 9.55. The van der Waals surface area contributed by atoms with Crippen LogP contribution in [0.15, 0.2) is 36.4 Å². The van der Waals surface area contributed by atoms with Crippen LogP contribution >= 0.6 is 0 Å². The highest BCUT2D eigenvalue weighted by Crippen LogP contribution is 2.40. The summed E-state index contributed by atoms with van der Waals surface area (Å²) < 4.78 is 18.7. The number of hydrogen-bond acceptors (Lipinski definition) is 5. The van der Waals surface area contributed by atoms with E-state index >= 15 is 0 Å². The molecule has 2 aromatic carbocycles. The van der Waals surface area contributed by atoms with Crippen LogP contribution < -0.4 is 19.5 Å². The molecule has 1 N–H and O–H groups in total. The second-order valence-electron chi connectivity index (χ2n) is 6.77. The summed E-state index contributed by atoms with van der Waals surface area (Å²) in [4.78, 5) is 4.86. The maximum atomic E-state index is 5.49. The molecule has 0 radical (unpaired) electrons. The monoisotopic (exact) mass is 383 g/mol. The van der Waals surface area contributed by atoms with Crippen LogP contribution in [-0.2, 0) is 6.54 Å². The minimum Gasteiger partial charge on any atom is -0.493 e. The van der Waals surface area contributed by atoms with E-state index in [-0.39, 0.29) is 12.1 Å².